The van der Waals surface area contributed by atoms with Crippen LogP contribution in [-0.2, 0) is 4.74 Å². The predicted molar refractivity (Wildman–Crippen MR) is 102 cm³/mol. The summed E-state index contributed by atoms with van der Waals surface area (Å²) in [7, 11) is 0. The van der Waals surface area contributed by atoms with Crippen LogP contribution in [0.3, 0.4) is 0 Å². The summed E-state index contributed by atoms with van der Waals surface area (Å²) in [6.07, 6.45) is 2.66. The highest BCUT2D eigenvalue weighted by molar-refractivity contribution is 14.1. The van der Waals surface area contributed by atoms with Crippen molar-refractivity contribution < 1.29 is 9.53 Å². The summed E-state index contributed by atoms with van der Waals surface area (Å²) in [6, 6.07) is 0.160. The number of aromatic nitrogens is 2. The smallest absolute Gasteiger partial charge is 0.410 e. The maximum absolute atomic E-state index is 12.1. The van der Waals surface area contributed by atoms with Crippen LogP contribution in [0.1, 0.15) is 39.2 Å². The molecule has 1 aromatic rings. The third kappa shape index (κ3) is 4.92. The predicted octanol–water partition coefficient (Wildman–Crippen LogP) is 2.63. The largest absolute Gasteiger partial charge is 0.444 e. The maximum Gasteiger partial charge on any atom is 0.410 e. The third-order valence-corrected chi connectivity index (χ3v) is 4.12. The Morgan fingerprint density at radius 1 is 1.42 bits per heavy atom. The molecule has 0 radical (unpaired) electrons. The molecule has 2 heterocycles. The lowest BCUT2D eigenvalue weighted by atomic mass is 10.1. The molecule has 1 aliphatic rings. The monoisotopic (exact) mass is 446 g/mol. The number of amides is 1. The van der Waals surface area contributed by atoms with E-state index in [2.05, 4.69) is 15.3 Å². The minimum atomic E-state index is -0.486. The molecule has 1 aromatic heterocycles. The van der Waals surface area contributed by atoms with Gasteiger partial charge in [-0.05, 0) is 56.2 Å². The molecule has 0 spiro atoms. The second-order valence-electron chi connectivity index (χ2n) is 6.68. The van der Waals surface area contributed by atoms with Gasteiger partial charge in [-0.3, -0.25) is 5.41 Å². The van der Waals surface area contributed by atoms with E-state index in [0.29, 0.717) is 28.2 Å². The van der Waals surface area contributed by atoms with E-state index in [4.69, 9.17) is 15.9 Å². The van der Waals surface area contributed by atoms with Crippen LogP contribution in [0.4, 0.5) is 16.4 Å². The lowest BCUT2D eigenvalue weighted by molar-refractivity contribution is 0.0210. The number of likely N-dealkylation sites (tertiary alicyclic amines) is 1. The highest BCUT2D eigenvalue weighted by Gasteiger charge is 2.27. The number of ether oxygens (including phenoxy) is 1. The second-order valence-corrected chi connectivity index (χ2v) is 7.76. The summed E-state index contributed by atoms with van der Waals surface area (Å²) < 4.78 is 5.69. The fraction of sp³-hybridized carbons (Fsp3) is 0.600. The molecule has 0 bridgehead atoms. The molecule has 8 nitrogen and oxygen atoms in total. The van der Waals surface area contributed by atoms with Gasteiger partial charge < -0.3 is 20.7 Å². The molecule has 24 heavy (non-hydrogen) atoms. The lowest BCUT2D eigenvalue weighted by Gasteiger charge is -2.34. The molecule has 0 atom stereocenters. The first kappa shape index (κ1) is 18.7. The van der Waals surface area contributed by atoms with Crippen molar-refractivity contribution in [1.29, 1.82) is 5.41 Å². The summed E-state index contributed by atoms with van der Waals surface area (Å²) in [6.45, 7) is 6.81. The summed E-state index contributed by atoms with van der Waals surface area (Å²) >= 11 is 1.89. The van der Waals surface area contributed by atoms with Gasteiger partial charge in [-0.1, -0.05) is 0 Å². The van der Waals surface area contributed by atoms with Crippen LogP contribution in [0, 0.1) is 5.41 Å². The first-order valence-corrected chi connectivity index (χ1v) is 8.84. The number of nitrogens with one attached hydrogen (secondary N) is 2. The summed E-state index contributed by atoms with van der Waals surface area (Å²) in [5, 5.41) is 11.1. The van der Waals surface area contributed by atoms with E-state index in [1.807, 2.05) is 43.4 Å². The Labute approximate surface area is 155 Å². The van der Waals surface area contributed by atoms with Crippen molar-refractivity contribution in [3.8, 4) is 0 Å². The van der Waals surface area contributed by atoms with Crippen LogP contribution in [0.2, 0.25) is 0 Å². The van der Waals surface area contributed by atoms with E-state index in [0.717, 1.165) is 12.8 Å². The normalized spacial score (nSPS) is 15.9. The second kappa shape index (κ2) is 7.49. The number of hydrogen-bond acceptors (Lipinski definition) is 7. The lowest BCUT2D eigenvalue weighted by Crippen LogP contribution is -2.44. The molecular weight excluding hydrogens is 423 g/mol. The van der Waals surface area contributed by atoms with Crippen LogP contribution in [0.5, 0.6) is 0 Å². The van der Waals surface area contributed by atoms with Gasteiger partial charge in [-0.15, -0.1) is 0 Å². The van der Waals surface area contributed by atoms with Crippen molar-refractivity contribution in [2.24, 2.45) is 0 Å². The number of anilines is 2. The number of carbonyl (C=O) groups excluding carboxylic acids is 1. The highest BCUT2D eigenvalue weighted by atomic mass is 127. The van der Waals surface area contributed by atoms with Gasteiger partial charge in [0.05, 0.1) is 5.56 Å². The van der Waals surface area contributed by atoms with Crippen LogP contribution < -0.4 is 11.1 Å². The van der Waals surface area contributed by atoms with Gasteiger partial charge in [0.2, 0.25) is 0 Å². The number of hydrogen-bond donors (Lipinski definition) is 3. The average Bonchev–Trinajstić information content (AvgIpc) is 2.45. The van der Waals surface area contributed by atoms with Crippen molar-refractivity contribution in [1.82, 2.24) is 14.9 Å². The molecule has 0 aromatic carbocycles. The van der Waals surface area contributed by atoms with E-state index in [9.17, 15) is 4.79 Å². The quantitative estimate of drug-likeness (QED) is 0.486. The number of piperidine rings is 1. The zero-order chi connectivity index (χ0) is 17.9. The van der Waals surface area contributed by atoms with Gasteiger partial charge in [-0.2, -0.15) is 0 Å². The van der Waals surface area contributed by atoms with Crippen LogP contribution >= 0.6 is 22.6 Å². The summed E-state index contributed by atoms with van der Waals surface area (Å²) in [5.74, 6) is 0.857. The van der Waals surface area contributed by atoms with Crippen molar-refractivity contribution in [2.75, 3.05) is 24.1 Å². The van der Waals surface area contributed by atoms with E-state index < -0.39 is 5.60 Å². The zero-order valence-electron chi connectivity index (χ0n) is 14.1. The maximum atomic E-state index is 12.1. The van der Waals surface area contributed by atoms with Gasteiger partial charge in [0.15, 0.2) is 0 Å². The van der Waals surface area contributed by atoms with Gasteiger partial charge >= 0.3 is 6.09 Å². The standard InChI is InChI=1S/C15H23IN6O2/c1-15(2,3)24-14(23)22-6-4-9(5-7-22)21-13-10(11(16)17)12(18)19-8-20-13/h8-9,17H,4-7H2,1-3H3,(H3,18,19,20,21). The molecule has 1 aliphatic heterocycles. The van der Waals surface area contributed by atoms with E-state index in [1.54, 1.807) is 4.90 Å². The Kier molecular flexibility index (Phi) is 5.83. The molecule has 132 valence electrons. The first-order chi connectivity index (χ1) is 11.2. The van der Waals surface area contributed by atoms with Gasteiger partial charge in [-0.25, -0.2) is 14.8 Å². The van der Waals surface area contributed by atoms with E-state index in [-0.39, 0.29) is 18.0 Å². The number of nitrogens with two attached hydrogens (primary N) is 1. The minimum absolute atomic E-state index is 0.160. The van der Waals surface area contributed by atoms with E-state index >= 15 is 0 Å². The number of nitrogens with zero attached hydrogens (tertiary/aromatic N) is 3. The van der Waals surface area contributed by atoms with Crippen molar-refractivity contribution >= 4 is 44.0 Å². The Balaban J connectivity index is 1.96. The van der Waals surface area contributed by atoms with Gasteiger partial charge in [0.1, 0.15) is 27.3 Å². The topological polar surface area (TPSA) is 117 Å². The Bertz CT molecular complexity index is 623. The zero-order valence-corrected chi connectivity index (χ0v) is 16.3. The molecule has 1 fully saturated rings. The fourth-order valence-corrected chi connectivity index (χ4v) is 2.98. The Morgan fingerprint density at radius 3 is 2.58 bits per heavy atom. The average molecular weight is 446 g/mol. The fourth-order valence-electron chi connectivity index (χ4n) is 2.45. The summed E-state index contributed by atoms with van der Waals surface area (Å²) in [5.41, 5.74) is 5.88. The molecule has 1 amide bonds. The minimum Gasteiger partial charge on any atom is -0.444 e. The molecular formula is C15H23IN6O2. The Morgan fingerprint density at radius 2 is 2.04 bits per heavy atom. The molecule has 0 aliphatic carbocycles. The highest BCUT2D eigenvalue weighted by Crippen LogP contribution is 2.24. The summed E-state index contributed by atoms with van der Waals surface area (Å²) in [4.78, 5) is 21.9. The third-order valence-electron chi connectivity index (χ3n) is 3.58. The number of carbonyl (C=O) groups is 1. The van der Waals surface area contributed by atoms with Crippen LogP contribution in [0.15, 0.2) is 6.33 Å². The molecule has 1 saturated heterocycles. The van der Waals surface area contributed by atoms with Crippen molar-refractivity contribution in [2.45, 2.75) is 45.3 Å². The van der Waals surface area contributed by atoms with Gasteiger partial charge in [0, 0.05) is 19.1 Å². The Hall–Kier alpha value is -1.65. The molecule has 0 unspecified atom stereocenters. The van der Waals surface area contributed by atoms with Crippen molar-refractivity contribution in [3.63, 3.8) is 0 Å². The molecule has 0 saturated carbocycles. The number of rotatable bonds is 3. The van der Waals surface area contributed by atoms with E-state index in [1.165, 1.54) is 6.33 Å². The number of halogens is 1. The first-order valence-electron chi connectivity index (χ1n) is 7.76. The molecule has 9 heteroatoms. The SMILES string of the molecule is CC(C)(C)OC(=O)N1CCC(Nc2ncnc(N)c2C(=N)I)CC1. The van der Waals surface area contributed by atoms with Crippen LogP contribution in [0.25, 0.3) is 0 Å². The van der Waals surface area contributed by atoms with Crippen LogP contribution in [-0.4, -0.2) is 49.4 Å². The van der Waals surface area contributed by atoms with Crippen molar-refractivity contribution in [3.05, 3.63) is 11.9 Å². The molecule has 4 N–H and O–H groups in total. The van der Waals surface area contributed by atoms with Gasteiger partial charge in [0.25, 0.3) is 0 Å². The molecule has 2 rings (SSSR count). The number of nitrogen functional groups attached to an aromatic ring is 1.